The molecule has 2 aliphatic carbocycles. The van der Waals surface area contributed by atoms with Crippen LogP contribution in [-0.2, 0) is 9.53 Å². The van der Waals surface area contributed by atoms with E-state index in [4.69, 9.17) is 4.74 Å². The van der Waals surface area contributed by atoms with Crippen molar-refractivity contribution >= 4 is 5.97 Å². The average molecular weight is 240 g/mol. The van der Waals surface area contributed by atoms with Gasteiger partial charge in [-0.1, -0.05) is 20.3 Å². The van der Waals surface area contributed by atoms with Crippen molar-refractivity contribution in [2.24, 2.45) is 23.2 Å². The smallest absolute Gasteiger partial charge is 0.310 e. The summed E-state index contributed by atoms with van der Waals surface area (Å²) in [6.45, 7) is 5.58. The standard InChI is InChI=1S/C14H24O3/c1-10(2)9-17-6-5-14(13(15)16)8-11-3-4-12(14)7-11/h10-12H,3-9H2,1-2H3,(H,15,16). The zero-order valence-electron chi connectivity index (χ0n) is 10.9. The molecule has 0 amide bonds. The number of rotatable bonds is 6. The van der Waals surface area contributed by atoms with Crippen LogP contribution in [0.2, 0.25) is 0 Å². The maximum atomic E-state index is 11.6. The van der Waals surface area contributed by atoms with Gasteiger partial charge in [0.05, 0.1) is 5.41 Å². The molecule has 2 rings (SSSR count). The maximum Gasteiger partial charge on any atom is 0.310 e. The lowest BCUT2D eigenvalue weighted by Gasteiger charge is -2.33. The normalized spacial score (nSPS) is 35.7. The molecule has 0 aromatic carbocycles. The average Bonchev–Trinajstić information content (AvgIpc) is 2.84. The van der Waals surface area contributed by atoms with Crippen molar-refractivity contribution in [2.45, 2.75) is 46.0 Å². The molecule has 1 N–H and O–H groups in total. The SMILES string of the molecule is CC(C)COCCC1(C(=O)O)CC2CCC1C2. The fraction of sp³-hybridized carbons (Fsp3) is 0.929. The highest BCUT2D eigenvalue weighted by Gasteiger charge is 2.55. The van der Waals surface area contributed by atoms with E-state index in [2.05, 4.69) is 13.8 Å². The van der Waals surface area contributed by atoms with Crippen LogP contribution in [0.4, 0.5) is 0 Å². The van der Waals surface area contributed by atoms with E-state index >= 15 is 0 Å². The highest BCUT2D eigenvalue weighted by Crippen LogP contribution is 2.57. The van der Waals surface area contributed by atoms with E-state index in [0.29, 0.717) is 30.8 Å². The van der Waals surface area contributed by atoms with E-state index in [1.807, 2.05) is 0 Å². The van der Waals surface area contributed by atoms with Crippen LogP contribution in [0, 0.1) is 23.2 Å². The van der Waals surface area contributed by atoms with Crippen LogP contribution in [0.1, 0.15) is 46.0 Å². The van der Waals surface area contributed by atoms with Crippen molar-refractivity contribution in [2.75, 3.05) is 13.2 Å². The zero-order valence-corrected chi connectivity index (χ0v) is 10.9. The fourth-order valence-corrected chi connectivity index (χ4v) is 3.69. The van der Waals surface area contributed by atoms with Crippen LogP contribution in [0.5, 0.6) is 0 Å². The molecule has 0 radical (unpaired) electrons. The van der Waals surface area contributed by atoms with Gasteiger partial charge in [0.1, 0.15) is 0 Å². The van der Waals surface area contributed by atoms with E-state index in [9.17, 15) is 9.90 Å². The Labute approximate surface area is 104 Å². The molecular weight excluding hydrogens is 216 g/mol. The summed E-state index contributed by atoms with van der Waals surface area (Å²) >= 11 is 0. The van der Waals surface area contributed by atoms with Gasteiger partial charge < -0.3 is 9.84 Å². The Morgan fingerprint density at radius 1 is 1.47 bits per heavy atom. The molecule has 3 heteroatoms. The lowest BCUT2D eigenvalue weighted by atomic mass is 9.71. The van der Waals surface area contributed by atoms with Crippen molar-refractivity contribution in [3.8, 4) is 0 Å². The maximum absolute atomic E-state index is 11.6. The van der Waals surface area contributed by atoms with Crippen molar-refractivity contribution in [3.63, 3.8) is 0 Å². The molecule has 2 fully saturated rings. The third-order valence-electron chi connectivity index (χ3n) is 4.55. The molecular formula is C14H24O3. The largest absolute Gasteiger partial charge is 0.481 e. The number of ether oxygens (including phenoxy) is 1. The highest BCUT2D eigenvalue weighted by molar-refractivity contribution is 5.75. The lowest BCUT2D eigenvalue weighted by molar-refractivity contribution is -0.154. The van der Waals surface area contributed by atoms with E-state index in [0.717, 1.165) is 25.9 Å². The predicted molar refractivity (Wildman–Crippen MR) is 65.8 cm³/mol. The molecule has 17 heavy (non-hydrogen) atoms. The van der Waals surface area contributed by atoms with Gasteiger partial charge in [0.2, 0.25) is 0 Å². The Hall–Kier alpha value is -0.570. The van der Waals surface area contributed by atoms with Gasteiger partial charge in [0.15, 0.2) is 0 Å². The van der Waals surface area contributed by atoms with E-state index in [1.54, 1.807) is 0 Å². The number of hydrogen-bond acceptors (Lipinski definition) is 2. The van der Waals surface area contributed by atoms with Crippen molar-refractivity contribution in [1.82, 2.24) is 0 Å². The first-order valence-electron chi connectivity index (χ1n) is 6.86. The third-order valence-corrected chi connectivity index (χ3v) is 4.55. The summed E-state index contributed by atoms with van der Waals surface area (Å²) in [6, 6.07) is 0. The van der Waals surface area contributed by atoms with E-state index in [1.165, 1.54) is 6.42 Å². The van der Waals surface area contributed by atoms with Crippen LogP contribution in [0.3, 0.4) is 0 Å². The van der Waals surface area contributed by atoms with Gasteiger partial charge in [-0.05, 0) is 43.4 Å². The topological polar surface area (TPSA) is 46.5 Å². The summed E-state index contributed by atoms with van der Waals surface area (Å²) in [4.78, 5) is 11.6. The third kappa shape index (κ3) is 2.49. The Kier molecular flexibility index (Phi) is 3.76. The molecule has 0 aromatic heterocycles. The van der Waals surface area contributed by atoms with Crippen molar-refractivity contribution < 1.29 is 14.6 Å². The Morgan fingerprint density at radius 3 is 2.71 bits per heavy atom. The van der Waals surface area contributed by atoms with Gasteiger partial charge in [-0.25, -0.2) is 0 Å². The van der Waals surface area contributed by atoms with Gasteiger partial charge in [0.25, 0.3) is 0 Å². The fourth-order valence-electron chi connectivity index (χ4n) is 3.69. The van der Waals surface area contributed by atoms with Gasteiger partial charge in [-0.15, -0.1) is 0 Å². The summed E-state index contributed by atoms with van der Waals surface area (Å²) in [7, 11) is 0. The predicted octanol–water partition coefficient (Wildman–Crippen LogP) is 2.94. The number of carboxylic acids is 1. The molecule has 3 unspecified atom stereocenters. The molecule has 2 aliphatic rings. The van der Waals surface area contributed by atoms with Crippen molar-refractivity contribution in [3.05, 3.63) is 0 Å². The van der Waals surface area contributed by atoms with Gasteiger partial charge in [0, 0.05) is 13.2 Å². The number of carbonyl (C=O) groups is 1. The number of carboxylic acid groups (broad SMARTS) is 1. The second-order valence-electron chi connectivity index (χ2n) is 6.26. The first kappa shape index (κ1) is 12.9. The number of aliphatic carboxylic acids is 1. The molecule has 3 atom stereocenters. The first-order valence-corrected chi connectivity index (χ1v) is 6.86. The first-order chi connectivity index (χ1) is 8.04. The lowest BCUT2D eigenvalue weighted by Crippen LogP contribution is -2.37. The van der Waals surface area contributed by atoms with Crippen LogP contribution in [-0.4, -0.2) is 24.3 Å². The molecule has 98 valence electrons. The van der Waals surface area contributed by atoms with Crippen LogP contribution < -0.4 is 0 Å². The Morgan fingerprint density at radius 2 is 2.24 bits per heavy atom. The van der Waals surface area contributed by atoms with E-state index in [-0.39, 0.29) is 0 Å². The minimum absolute atomic E-state index is 0.410. The molecule has 2 saturated carbocycles. The quantitative estimate of drug-likeness (QED) is 0.726. The molecule has 0 saturated heterocycles. The molecule has 0 aliphatic heterocycles. The van der Waals surface area contributed by atoms with Gasteiger partial charge in [-0.3, -0.25) is 4.79 Å². The second-order valence-corrected chi connectivity index (χ2v) is 6.26. The van der Waals surface area contributed by atoms with Crippen LogP contribution >= 0.6 is 0 Å². The molecule has 0 aromatic rings. The minimum Gasteiger partial charge on any atom is -0.481 e. The zero-order chi connectivity index (χ0) is 12.5. The molecule has 3 nitrogen and oxygen atoms in total. The second kappa shape index (κ2) is 4.97. The molecule has 0 heterocycles. The van der Waals surface area contributed by atoms with E-state index < -0.39 is 11.4 Å². The summed E-state index contributed by atoms with van der Waals surface area (Å²) in [5, 5.41) is 9.54. The highest BCUT2D eigenvalue weighted by atomic mass is 16.5. The Bertz CT molecular complexity index is 287. The summed E-state index contributed by atoms with van der Waals surface area (Å²) in [5.41, 5.74) is -0.458. The minimum atomic E-state index is -0.585. The van der Waals surface area contributed by atoms with Crippen LogP contribution in [0.15, 0.2) is 0 Å². The molecule has 2 bridgehead atoms. The van der Waals surface area contributed by atoms with Gasteiger partial charge >= 0.3 is 5.97 Å². The van der Waals surface area contributed by atoms with Crippen LogP contribution in [0.25, 0.3) is 0 Å². The summed E-state index contributed by atoms with van der Waals surface area (Å²) in [5.74, 6) is 1.02. The monoisotopic (exact) mass is 240 g/mol. The molecule has 0 spiro atoms. The number of hydrogen-bond donors (Lipinski definition) is 1. The Balaban J connectivity index is 1.88. The summed E-state index contributed by atoms with van der Waals surface area (Å²) < 4.78 is 5.58. The number of fused-ring (bicyclic) bond motifs is 2. The van der Waals surface area contributed by atoms with Gasteiger partial charge in [-0.2, -0.15) is 0 Å². The summed E-state index contributed by atoms with van der Waals surface area (Å²) in [6.07, 6.45) is 5.08. The van der Waals surface area contributed by atoms with Crippen molar-refractivity contribution in [1.29, 1.82) is 0 Å².